The minimum absolute atomic E-state index is 0.0725. The van der Waals surface area contributed by atoms with Gasteiger partial charge in [-0.3, -0.25) is 9.69 Å². The minimum atomic E-state index is 0.0725. The van der Waals surface area contributed by atoms with Crippen LogP contribution in [-0.2, 0) is 17.8 Å². The summed E-state index contributed by atoms with van der Waals surface area (Å²) in [6, 6.07) is 7.64. The average Bonchev–Trinajstić information content (AvgIpc) is 2.74. The fraction of sp³-hybridized carbons (Fsp3) is 0.476. The number of carbonyl (C=O) groups excluding carboxylic acids is 1. The molecule has 3 rings (SSSR count). The van der Waals surface area contributed by atoms with Gasteiger partial charge in [-0.2, -0.15) is 0 Å². The monoisotopic (exact) mass is 400 g/mol. The molecule has 0 saturated carbocycles. The number of carbonyl (C=O) groups is 1. The van der Waals surface area contributed by atoms with Gasteiger partial charge in [0.1, 0.15) is 5.75 Å². The van der Waals surface area contributed by atoms with E-state index in [1.165, 1.54) is 0 Å². The summed E-state index contributed by atoms with van der Waals surface area (Å²) in [4.78, 5) is 23.4. The van der Waals surface area contributed by atoms with E-state index in [0.29, 0.717) is 12.3 Å². The van der Waals surface area contributed by atoms with Gasteiger partial charge in [0.2, 0.25) is 5.91 Å². The van der Waals surface area contributed by atoms with Crippen molar-refractivity contribution >= 4 is 17.7 Å². The second-order valence-electron chi connectivity index (χ2n) is 7.15. The van der Waals surface area contributed by atoms with Crippen LogP contribution in [-0.4, -0.2) is 53.8 Å². The molecule has 2 aromatic rings. The number of hydrogen-bond acceptors (Lipinski definition) is 6. The first-order valence-corrected chi connectivity index (χ1v) is 10.9. The molecule has 1 amide bonds. The van der Waals surface area contributed by atoms with E-state index in [1.54, 1.807) is 18.9 Å². The Morgan fingerprint density at radius 1 is 1.25 bits per heavy atom. The molecular weight excluding hydrogens is 372 g/mol. The molecule has 1 saturated heterocycles. The molecule has 0 bridgehead atoms. The lowest BCUT2D eigenvalue weighted by Crippen LogP contribution is -2.40. The van der Waals surface area contributed by atoms with E-state index in [1.807, 2.05) is 42.9 Å². The Hall–Kier alpha value is -2.12. The number of aromatic nitrogens is 2. The Bertz CT molecular complexity index is 752. The zero-order valence-electron chi connectivity index (χ0n) is 16.6. The van der Waals surface area contributed by atoms with Crippen LogP contribution in [0.3, 0.4) is 0 Å². The quantitative estimate of drug-likeness (QED) is 0.543. The van der Waals surface area contributed by atoms with Crippen LogP contribution in [0.5, 0.6) is 5.75 Å². The summed E-state index contributed by atoms with van der Waals surface area (Å²) in [5.41, 5.74) is 2.14. The van der Waals surface area contributed by atoms with Crippen molar-refractivity contribution in [1.82, 2.24) is 20.2 Å². The van der Waals surface area contributed by atoms with Gasteiger partial charge in [-0.25, -0.2) is 9.97 Å². The number of nitrogens with one attached hydrogen (secondary N) is 1. The largest absolute Gasteiger partial charge is 0.497 e. The van der Waals surface area contributed by atoms with E-state index in [2.05, 4.69) is 20.2 Å². The normalized spacial score (nSPS) is 17.3. The lowest BCUT2D eigenvalue weighted by Gasteiger charge is -2.32. The highest BCUT2D eigenvalue weighted by Crippen LogP contribution is 2.18. The Kier molecular flexibility index (Phi) is 7.68. The Morgan fingerprint density at radius 3 is 2.68 bits per heavy atom. The van der Waals surface area contributed by atoms with Crippen molar-refractivity contribution in [1.29, 1.82) is 0 Å². The van der Waals surface area contributed by atoms with Gasteiger partial charge in [0.05, 0.1) is 13.5 Å². The summed E-state index contributed by atoms with van der Waals surface area (Å²) in [5.74, 6) is 1.36. The lowest BCUT2D eigenvalue weighted by molar-refractivity contribution is -0.120. The molecule has 150 valence electrons. The fourth-order valence-corrected chi connectivity index (χ4v) is 3.82. The Balaban J connectivity index is 1.42. The van der Waals surface area contributed by atoms with Crippen LogP contribution in [0.2, 0.25) is 0 Å². The van der Waals surface area contributed by atoms with Gasteiger partial charge in [0.15, 0.2) is 5.16 Å². The highest BCUT2D eigenvalue weighted by Gasteiger charge is 2.20. The second kappa shape index (κ2) is 10.4. The first-order valence-electron chi connectivity index (χ1n) is 9.63. The molecule has 28 heavy (non-hydrogen) atoms. The summed E-state index contributed by atoms with van der Waals surface area (Å²) in [6.07, 6.45) is 8.52. The van der Waals surface area contributed by atoms with Gasteiger partial charge in [-0.05, 0) is 49.3 Å². The zero-order chi connectivity index (χ0) is 19.8. The topological polar surface area (TPSA) is 67.3 Å². The molecule has 6 nitrogen and oxygen atoms in total. The molecule has 0 unspecified atom stereocenters. The standard InChI is InChI=1S/C21H28N4O2S/c1-27-19-7-5-16(6-8-19)10-20(26)22-11-17-4-3-9-25(14-17)15-18-12-23-21(28-2)24-13-18/h5-8,12-13,17H,3-4,9-11,14-15H2,1-2H3,(H,22,26)/t17-/m1/s1. The van der Waals surface area contributed by atoms with Crippen molar-refractivity contribution in [3.05, 3.63) is 47.8 Å². The number of nitrogens with zero attached hydrogens (tertiary/aromatic N) is 3. The number of likely N-dealkylation sites (tertiary alicyclic amines) is 1. The summed E-state index contributed by atoms with van der Waals surface area (Å²) in [7, 11) is 1.64. The van der Waals surface area contributed by atoms with E-state index >= 15 is 0 Å². The maximum atomic E-state index is 12.3. The van der Waals surface area contributed by atoms with E-state index in [9.17, 15) is 4.79 Å². The third-order valence-electron chi connectivity index (χ3n) is 4.99. The molecule has 1 aromatic carbocycles. The number of ether oxygens (including phenoxy) is 1. The maximum Gasteiger partial charge on any atom is 0.224 e. The molecule has 1 aliphatic heterocycles. The third-order valence-corrected chi connectivity index (χ3v) is 5.56. The van der Waals surface area contributed by atoms with Gasteiger partial charge >= 0.3 is 0 Å². The zero-order valence-corrected chi connectivity index (χ0v) is 17.4. The molecule has 0 aliphatic carbocycles. The molecule has 0 radical (unpaired) electrons. The highest BCUT2D eigenvalue weighted by atomic mass is 32.2. The molecule has 1 fully saturated rings. The fourth-order valence-electron chi connectivity index (χ4n) is 3.50. The number of benzene rings is 1. The van der Waals surface area contributed by atoms with E-state index in [0.717, 1.165) is 61.1 Å². The number of thioether (sulfide) groups is 1. The van der Waals surface area contributed by atoms with Crippen molar-refractivity contribution in [2.75, 3.05) is 33.0 Å². The van der Waals surface area contributed by atoms with Crippen LogP contribution in [0.15, 0.2) is 41.8 Å². The van der Waals surface area contributed by atoms with Crippen molar-refractivity contribution < 1.29 is 9.53 Å². The van der Waals surface area contributed by atoms with Crippen LogP contribution < -0.4 is 10.1 Å². The summed E-state index contributed by atoms with van der Waals surface area (Å²) in [6.45, 7) is 3.67. The molecule has 1 aliphatic rings. The number of amides is 1. The van der Waals surface area contributed by atoms with Crippen LogP contribution >= 0.6 is 11.8 Å². The van der Waals surface area contributed by atoms with Crippen molar-refractivity contribution in [3.8, 4) is 5.75 Å². The molecule has 0 spiro atoms. The SMILES string of the molecule is COc1ccc(CC(=O)NC[C@H]2CCCN(Cc3cnc(SC)nc3)C2)cc1. The number of hydrogen-bond donors (Lipinski definition) is 1. The number of methoxy groups -OCH3 is 1. The van der Waals surface area contributed by atoms with Crippen LogP contribution in [0.1, 0.15) is 24.0 Å². The molecule has 1 aromatic heterocycles. The van der Waals surface area contributed by atoms with Gasteiger partial charge < -0.3 is 10.1 Å². The van der Waals surface area contributed by atoms with Crippen LogP contribution in [0, 0.1) is 5.92 Å². The maximum absolute atomic E-state index is 12.3. The Labute approximate surface area is 171 Å². The molecule has 7 heteroatoms. The summed E-state index contributed by atoms with van der Waals surface area (Å²) < 4.78 is 5.15. The lowest BCUT2D eigenvalue weighted by atomic mass is 9.97. The second-order valence-corrected chi connectivity index (χ2v) is 7.92. The molecule has 1 N–H and O–H groups in total. The first-order chi connectivity index (χ1) is 13.7. The Morgan fingerprint density at radius 2 is 2.00 bits per heavy atom. The predicted molar refractivity (Wildman–Crippen MR) is 112 cm³/mol. The average molecular weight is 401 g/mol. The summed E-state index contributed by atoms with van der Waals surface area (Å²) >= 11 is 1.55. The van der Waals surface area contributed by atoms with Crippen LogP contribution in [0.25, 0.3) is 0 Å². The molecule has 2 heterocycles. The van der Waals surface area contributed by atoms with Gasteiger partial charge in [0.25, 0.3) is 0 Å². The summed E-state index contributed by atoms with van der Waals surface area (Å²) in [5, 5.41) is 3.91. The van der Waals surface area contributed by atoms with Crippen molar-refractivity contribution in [2.45, 2.75) is 31.0 Å². The highest BCUT2D eigenvalue weighted by molar-refractivity contribution is 7.98. The first kappa shape index (κ1) is 20.6. The van der Waals surface area contributed by atoms with Gasteiger partial charge in [0, 0.05) is 37.6 Å². The number of rotatable bonds is 8. The smallest absolute Gasteiger partial charge is 0.224 e. The van der Waals surface area contributed by atoms with Gasteiger partial charge in [-0.1, -0.05) is 23.9 Å². The van der Waals surface area contributed by atoms with Crippen molar-refractivity contribution in [3.63, 3.8) is 0 Å². The molecular formula is C21H28N4O2S. The van der Waals surface area contributed by atoms with Crippen LogP contribution in [0.4, 0.5) is 0 Å². The van der Waals surface area contributed by atoms with E-state index in [4.69, 9.17) is 4.74 Å². The third kappa shape index (κ3) is 6.21. The minimum Gasteiger partial charge on any atom is -0.497 e. The molecule has 1 atom stereocenters. The van der Waals surface area contributed by atoms with E-state index in [-0.39, 0.29) is 5.91 Å². The predicted octanol–water partition coefficient (Wildman–Crippen LogP) is 2.78. The van der Waals surface area contributed by atoms with Gasteiger partial charge in [-0.15, -0.1) is 0 Å². The number of piperidine rings is 1. The van der Waals surface area contributed by atoms with Crippen molar-refractivity contribution in [2.24, 2.45) is 5.92 Å². The van der Waals surface area contributed by atoms with E-state index < -0.39 is 0 Å².